The Hall–Kier alpha value is -2.29. The van der Waals surface area contributed by atoms with Gasteiger partial charge in [0.1, 0.15) is 17.6 Å². The predicted octanol–water partition coefficient (Wildman–Crippen LogP) is 3.79. The maximum Gasteiger partial charge on any atom is 0.170 e. The third-order valence-corrected chi connectivity index (χ3v) is 3.38. The van der Waals surface area contributed by atoms with Gasteiger partial charge < -0.3 is 9.47 Å². The average molecular weight is 268 g/mol. The van der Waals surface area contributed by atoms with E-state index in [0.29, 0.717) is 24.3 Å². The molecule has 2 aromatic rings. The van der Waals surface area contributed by atoms with Crippen LogP contribution in [0.5, 0.6) is 11.5 Å². The summed E-state index contributed by atoms with van der Waals surface area (Å²) < 4.78 is 11.4. The molecule has 1 aliphatic heterocycles. The summed E-state index contributed by atoms with van der Waals surface area (Å²) in [5.41, 5.74) is 1.66. The van der Waals surface area contributed by atoms with Crippen LogP contribution in [0.3, 0.4) is 0 Å². The molecule has 0 radical (unpaired) electrons. The molecule has 0 aromatic heterocycles. The van der Waals surface area contributed by atoms with Gasteiger partial charge in [-0.15, -0.1) is 0 Å². The number of ether oxygens (including phenoxy) is 2. The summed E-state index contributed by atoms with van der Waals surface area (Å²) in [5.74, 6) is 1.46. The van der Waals surface area contributed by atoms with Crippen LogP contribution < -0.4 is 9.47 Å². The second kappa shape index (κ2) is 5.37. The monoisotopic (exact) mass is 268 g/mol. The lowest BCUT2D eigenvalue weighted by molar-refractivity contribution is 0.0849. The van der Waals surface area contributed by atoms with E-state index in [1.165, 1.54) is 0 Å². The van der Waals surface area contributed by atoms with Crippen molar-refractivity contribution < 1.29 is 14.3 Å². The van der Waals surface area contributed by atoms with E-state index >= 15 is 0 Å². The Labute approximate surface area is 118 Å². The Balaban J connectivity index is 1.92. The summed E-state index contributed by atoms with van der Waals surface area (Å²) in [4.78, 5) is 12.2. The fourth-order valence-electron chi connectivity index (χ4n) is 2.41. The molecule has 0 aliphatic carbocycles. The van der Waals surface area contributed by atoms with Gasteiger partial charge in [-0.05, 0) is 24.6 Å². The van der Waals surface area contributed by atoms with Crippen LogP contribution in [0.15, 0.2) is 48.5 Å². The van der Waals surface area contributed by atoms with E-state index in [1.54, 1.807) is 12.1 Å². The Morgan fingerprint density at radius 1 is 1.20 bits per heavy atom. The number of fused-ring (bicyclic) bond motifs is 1. The molecular weight excluding hydrogens is 252 g/mol. The van der Waals surface area contributed by atoms with Crippen molar-refractivity contribution in [2.45, 2.75) is 19.4 Å². The molecule has 0 fully saturated rings. The summed E-state index contributed by atoms with van der Waals surface area (Å²) in [5, 5.41) is 0. The molecule has 3 heteroatoms. The summed E-state index contributed by atoms with van der Waals surface area (Å²) in [6.45, 7) is 2.52. The third-order valence-electron chi connectivity index (χ3n) is 3.38. The van der Waals surface area contributed by atoms with E-state index in [1.807, 2.05) is 43.3 Å². The molecule has 0 N–H and O–H groups in total. The Bertz CT molecular complexity index is 619. The topological polar surface area (TPSA) is 35.5 Å². The Kier molecular flexibility index (Phi) is 3.42. The fraction of sp³-hybridized carbons (Fsp3) is 0.235. The molecule has 2 aromatic carbocycles. The molecule has 1 heterocycles. The molecule has 3 rings (SSSR count). The van der Waals surface area contributed by atoms with Gasteiger partial charge in [0.25, 0.3) is 0 Å². The largest absolute Gasteiger partial charge is 0.494 e. The maximum atomic E-state index is 12.2. The lowest BCUT2D eigenvalue weighted by Crippen LogP contribution is -2.20. The van der Waals surface area contributed by atoms with Crippen molar-refractivity contribution in [1.29, 1.82) is 0 Å². The molecule has 0 spiro atoms. The standard InChI is InChI=1S/C17H16O3/c1-2-19-13-8-9-14-15(18)11-16(20-17(14)10-13)12-6-4-3-5-7-12/h3-10,16H,2,11H2,1H3. The van der Waals surface area contributed by atoms with Crippen LogP contribution in [0, 0.1) is 0 Å². The molecule has 0 bridgehead atoms. The van der Waals surface area contributed by atoms with Crippen molar-refractivity contribution in [3.63, 3.8) is 0 Å². The summed E-state index contributed by atoms with van der Waals surface area (Å²) in [6, 6.07) is 15.2. The molecule has 1 atom stereocenters. The van der Waals surface area contributed by atoms with Crippen LogP contribution >= 0.6 is 0 Å². The van der Waals surface area contributed by atoms with Crippen molar-refractivity contribution >= 4 is 5.78 Å². The van der Waals surface area contributed by atoms with Crippen molar-refractivity contribution in [2.75, 3.05) is 6.61 Å². The second-order valence-corrected chi connectivity index (χ2v) is 4.74. The lowest BCUT2D eigenvalue weighted by Gasteiger charge is -2.25. The van der Waals surface area contributed by atoms with Gasteiger partial charge in [-0.3, -0.25) is 4.79 Å². The summed E-state index contributed by atoms with van der Waals surface area (Å²) in [6.07, 6.45) is 0.165. The molecule has 0 amide bonds. The van der Waals surface area contributed by atoms with Crippen LogP contribution in [0.2, 0.25) is 0 Å². The Morgan fingerprint density at radius 3 is 2.75 bits per heavy atom. The molecular formula is C17H16O3. The molecule has 102 valence electrons. The molecule has 0 saturated carbocycles. The van der Waals surface area contributed by atoms with Crippen LogP contribution in [-0.4, -0.2) is 12.4 Å². The third kappa shape index (κ3) is 2.39. The average Bonchev–Trinajstić information content (AvgIpc) is 2.48. The van der Waals surface area contributed by atoms with E-state index in [2.05, 4.69) is 0 Å². The highest BCUT2D eigenvalue weighted by Crippen LogP contribution is 2.36. The zero-order valence-corrected chi connectivity index (χ0v) is 11.3. The minimum Gasteiger partial charge on any atom is -0.494 e. The highest BCUT2D eigenvalue weighted by molar-refractivity contribution is 6.00. The zero-order chi connectivity index (χ0) is 13.9. The SMILES string of the molecule is CCOc1ccc2c(c1)OC(c1ccccc1)CC2=O. The minimum absolute atomic E-state index is 0.114. The van der Waals surface area contributed by atoms with Crippen LogP contribution in [0.4, 0.5) is 0 Å². The van der Waals surface area contributed by atoms with Crippen LogP contribution in [0.1, 0.15) is 35.4 Å². The van der Waals surface area contributed by atoms with Crippen LogP contribution in [0.25, 0.3) is 0 Å². The van der Waals surface area contributed by atoms with Gasteiger partial charge in [0.05, 0.1) is 18.6 Å². The number of Topliss-reactive ketones (excluding diaryl/α,β-unsaturated/α-hetero) is 1. The highest BCUT2D eigenvalue weighted by Gasteiger charge is 2.27. The van der Waals surface area contributed by atoms with E-state index in [4.69, 9.17) is 9.47 Å². The number of hydrogen-bond donors (Lipinski definition) is 0. The van der Waals surface area contributed by atoms with E-state index < -0.39 is 0 Å². The zero-order valence-electron chi connectivity index (χ0n) is 11.3. The van der Waals surface area contributed by atoms with Gasteiger partial charge in [-0.1, -0.05) is 30.3 Å². The summed E-state index contributed by atoms with van der Waals surface area (Å²) >= 11 is 0. The second-order valence-electron chi connectivity index (χ2n) is 4.74. The first kappa shape index (κ1) is 12.7. The van der Waals surface area contributed by atoms with E-state index in [0.717, 1.165) is 11.3 Å². The van der Waals surface area contributed by atoms with Gasteiger partial charge in [-0.2, -0.15) is 0 Å². The van der Waals surface area contributed by atoms with Crippen molar-refractivity contribution in [2.24, 2.45) is 0 Å². The molecule has 20 heavy (non-hydrogen) atoms. The number of hydrogen-bond acceptors (Lipinski definition) is 3. The fourth-order valence-corrected chi connectivity index (χ4v) is 2.41. The van der Waals surface area contributed by atoms with Crippen molar-refractivity contribution in [3.05, 3.63) is 59.7 Å². The number of benzene rings is 2. The number of rotatable bonds is 3. The normalized spacial score (nSPS) is 17.2. The van der Waals surface area contributed by atoms with Gasteiger partial charge in [0, 0.05) is 6.07 Å². The first-order valence-corrected chi connectivity index (χ1v) is 6.79. The van der Waals surface area contributed by atoms with E-state index in [-0.39, 0.29) is 11.9 Å². The minimum atomic E-state index is -0.215. The summed E-state index contributed by atoms with van der Waals surface area (Å²) in [7, 11) is 0. The smallest absolute Gasteiger partial charge is 0.170 e. The first-order chi connectivity index (χ1) is 9.78. The Morgan fingerprint density at radius 2 is 2.00 bits per heavy atom. The van der Waals surface area contributed by atoms with Gasteiger partial charge >= 0.3 is 0 Å². The van der Waals surface area contributed by atoms with Gasteiger partial charge in [0.2, 0.25) is 0 Å². The van der Waals surface area contributed by atoms with E-state index in [9.17, 15) is 4.79 Å². The molecule has 1 aliphatic rings. The molecule has 0 saturated heterocycles. The quantitative estimate of drug-likeness (QED) is 0.849. The van der Waals surface area contributed by atoms with Crippen molar-refractivity contribution in [1.82, 2.24) is 0 Å². The molecule has 1 unspecified atom stereocenters. The number of carbonyl (C=O) groups excluding carboxylic acids is 1. The van der Waals surface area contributed by atoms with Gasteiger partial charge in [0.15, 0.2) is 5.78 Å². The number of carbonyl (C=O) groups is 1. The lowest BCUT2D eigenvalue weighted by atomic mass is 9.96. The maximum absolute atomic E-state index is 12.2. The van der Waals surface area contributed by atoms with Crippen LogP contribution in [-0.2, 0) is 0 Å². The van der Waals surface area contributed by atoms with Gasteiger partial charge in [-0.25, -0.2) is 0 Å². The molecule has 3 nitrogen and oxygen atoms in total. The van der Waals surface area contributed by atoms with Crippen molar-refractivity contribution in [3.8, 4) is 11.5 Å². The number of ketones is 1. The predicted molar refractivity (Wildman–Crippen MR) is 76.4 cm³/mol. The highest BCUT2D eigenvalue weighted by atomic mass is 16.5. The first-order valence-electron chi connectivity index (χ1n) is 6.79.